The van der Waals surface area contributed by atoms with Gasteiger partial charge in [0.1, 0.15) is 6.04 Å². The van der Waals surface area contributed by atoms with Crippen LogP contribution in [0, 0.1) is 0 Å². The number of nitrogens with two attached hydrogens (primary N) is 1. The van der Waals surface area contributed by atoms with E-state index in [-0.39, 0.29) is 13.0 Å². The molecule has 0 rings (SSSR count). The number of carboxylic acids is 1. The first-order valence-electron chi connectivity index (χ1n) is 5.02. The normalized spacial score (nSPS) is 11.6. The topological polar surface area (TPSA) is 122 Å². The highest BCUT2D eigenvalue weighted by atomic mass is 16.4. The van der Waals surface area contributed by atoms with Gasteiger partial charge in [-0.2, -0.15) is 0 Å². The minimum absolute atomic E-state index is 0.0267. The zero-order valence-electron chi connectivity index (χ0n) is 9.16. The molecule has 0 fully saturated rings. The summed E-state index contributed by atoms with van der Waals surface area (Å²) in [7, 11) is 0. The van der Waals surface area contributed by atoms with Crippen molar-refractivity contribution in [3.05, 3.63) is 0 Å². The lowest BCUT2D eigenvalue weighted by Gasteiger charge is -2.13. The van der Waals surface area contributed by atoms with Crippen molar-refractivity contribution in [2.75, 3.05) is 6.54 Å². The maximum atomic E-state index is 11.2. The van der Waals surface area contributed by atoms with Crippen LogP contribution in [0.2, 0.25) is 0 Å². The number of nitrogens with one attached hydrogen (secondary N) is 2. The molecule has 0 bridgehead atoms. The molecule has 5 N–H and O–H groups in total. The second kappa shape index (κ2) is 7.49. The van der Waals surface area contributed by atoms with Crippen molar-refractivity contribution >= 4 is 17.9 Å². The van der Waals surface area contributed by atoms with Crippen LogP contribution in [0.1, 0.15) is 26.2 Å². The van der Waals surface area contributed by atoms with Gasteiger partial charge in [0, 0.05) is 13.0 Å². The lowest BCUT2D eigenvalue weighted by Crippen LogP contribution is -2.46. The summed E-state index contributed by atoms with van der Waals surface area (Å²) in [5, 5.41) is 13.4. The monoisotopic (exact) mass is 231 g/mol. The number of carbonyl (C=O) groups is 3. The Kier molecular flexibility index (Phi) is 6.66. The Hall–Kier alpha value is -1.79. The fraction of sp³-hybridized carbons (Fsp3) is 0.667. The molecule has 3 amide bonds. The van der Waals surface area contributed by atoms with E-state index in [1.807, 2.05) is 6.92 Å². The predicted octanol–water partition coefficient (Wildman–Crippen LogP) is -0.586. The molecule has 0 aliphatic carbocycles. The minimum atomic E-state index is -1.08. The van der Waals surface area contributed by atoms with E-state index in [1.165, 1.54) is 0 Å². The van der Waals surface area contributed by atoms with Crippen LogP contribution in [-0.2, 0) is 9.59 Å². The molecule has 92 valence electrons. The average molecular weight is 231 g/mol. The highest BCUT2D eigenvalue weighted by Crippen LogP contribution is 1.96. The molecular weight excluding hydrogens is 214 g/mol. The molecule has 0 saturated carbocycles. The van der Waals surface area contributed by atoms with Crippen molar-refractivity contribution in [3.63, 3.8) is 0 Å². The van der Waals surface area contributed by atoms with Gasteiger partial charge in [-0.25, -0.2) is 9.59 Å². The first-order valence-corrected chi connectivity index (χ1v) is 5.02. The largest absolute Gasteiger partial charge is 0.480 e. The number of carbonyl (C=O) groups excluding carboxylic acids is 2. The standard InChI is InChI=1S/C9H17N3O4/c1-2-3-6(8(14)15)12-9(16)11-5-4-7(10)13/h6H,2-5H2,1H3,(H2,10,13)(H,14,15)(H2,11,12,16)/t6-/m0/s1. The Morgan fingerprint density at radius 2 is 2.00 bits per heavy atom. The summed E-state index contributed by atoms with van der Waals surface area (Å²) < 4.78 is 0. The third-order valence-corrected chi connectivity index (χ3v) is 1.84. The molecule has 0 heterocycles. The molecule has 0 aromatic heterocycles. The lowest BCUT2D eigenvalue weighted by molar-refractivity contribution is -0.139. The number of rotatable bonds is 7. The molecule has 0 radical (unpaired) electrons. The summed E-state index contributed by atoms with van der Waals surface area (Å²) in [5.74, 6) is -1.60. The number of aliphatic carboxylic acids is 1. The average Bonchev–Trinajstić information content (AvgIpc) is 2.16. The minimum Gasteiger partial charge on any atom is -0.480 e. The van der Waals surface area contributed by atoms with Crippen molar-refractivity contribution in [2.24, 2.45) is 5.73 Å². The first kappa shape index (κ1) is 14.2. The third kappa shape index (κ3) is 6.63. The van der Waals surface area contributed by atoms with Crippen molar-refractivity contribution in [1.29, 1.82) is 0 Å². The number of amides is 3. The Morgan fingerprint density at radius 1 is 1.38 bits per heavy atom. The number of carboxylic acid groups (broad SMARTS) is 1. The summed E-state index contributed by atoms with van der Waals surface area (Å²) in [5.41, 5.74) is 4.87. The van der Waals surface area contributed by atoms with E-state index >= 15 is 0 Å². The van der Waals surface area contributed by atoms with Gasteiger partial charge in [-0.3, -0.25) is 4.79 Å². The second-order valence-corrected chi connectivity index (χ2v) is 3.30. The highest BCUT2D eigenvalue weighted by molar-refractivity contribution is 5.82. The summed E-state index contributed by atoms with van der Waals surface area (Å²) >= 11 is 0. The molecule has 0 aromatic carbocycles. The second-order valence-electron chi connectivity index (χ2n) is 3.30. The molecule has 0 aliphatic heterocycles. The SMILES string of the molecule is CCC[C@H](NC(=O)NCCC(N)=O)C(=O)O. The number of urea groups is 1. The van der Waals surface area contributed by atoms with Crippen LogP contribution in [0.5, 0.6) is 0 Å². The van der Waals surface area contributed by atoms with Gasteiger partial charge in [0.05, 0.1) is 0 Å². The van der Waals surface area contributed by atoms with E-state index in [0.29, 0.717) is 12.8 Å². The smallest absolute Gasteiger partial charge is 0.326 e. The Morgan fingerprint density at radius 3 is 2.44 bits per heavy atom. The van der Waals surface area contributed by atoms with Gasteiger partial charge in [-0.15, -0.1) is 0 Å². The van der Waals surface area contributed by atoms with Crippen LogP contribution in [0.15, 0.2) is 0 Å². The van der Waals surface area contributed by atoms with Crippen LogP contribution in [0.4, 0.5) is 4.79 Å². The molecule has 7 heteroatoms. The molecule has 7 nitrogen and oxygen atoms in total. The molecule has 0 aliphatic rings. The van der Waals surface area contributed by atoms with Crippen LogP contribution >= 0.6 is 0 Å². The maximum Gasteiger partial charge on any atom is 0.326 e. The van der Waals surface area contributed by atoms with Gasteiger partial charge >= 0.3 is 12.0 Å². The van der Waals surface area contributed by atoms with Gasteiger partial charge in [0.15, 0.2) is 0 Å². The lowest BCUT2D eigenvalue weighted by atomic mass is 10.2. The van der Waals surface area contributed by atoms with E-state index in [0.717, 1.165) is 0 Å². The summed E-state index contributed by atoms with van der Waals surface area (Å²) in [4.78, 5) is 32.2. The molecule has 0 spiro atoms. The molecule has 1 atom stereocenters. The van der Waals surface area contributed by atoms with Crippen LogP contribution in [-0.4, -0.2) is 35.6 Å². The molecule has 0 aromatic rings. The maximum absolute atomic E-state index is 11.2. The summed E-state index contributed by atoms with van der Waals surface area (Å²) in [6.07, 6.45) is 1.04. The Balaban J connectivity index is 3.90. The van der Waals surface area contributed by atoms with Crippen molar-refractivity contribution < 1.29 is 19.5 Å². The van der Waals surface area contributed by atoms with E-state index in [9.17, 15) is 14.4 Å². The van der Waals surface area contributed by atoms with Crippen molar-refractivity contribution in [1.82, 2.24) is 10.6 Å². The van der Waals surface area contributed by atoms with Crippen molar-refractivity contribution in [3.8, 4) is 0 Å². The first-order chi connectivity index (χ1) is 7.47. The zero-order chi connectivity index (χ0) is 12.6. The van der Waals surface area contributed by atoms with E-state index in [2.05, 4.69) is 10.6 Å². The van der Waals surface area contributed by atoms with Crippen molar-refractivity contribution in [2.45, 2.75) is 32.2 Å². The van der Waals surface area contributed by atoms with E-state index in [4.69, 9.17) is 10.8 Å². The third-order valence-electron chi connectivity index (χ3n) is 1.84. The quantitative estimate of drug-likeness (QED) is 0.468. The van der Waals surface area contributed by atoms with Gasteiger partial charge in [0.2, 0.25) is 5.91 Å². The van der Waals surface area contributed by atoms with E-state index < -0.39 is 23.9 Å². The Bertz CT molecular complexity index is 267. The number of hydrogen-bond donors (Lipinski definition) is 4. The van der Waals surface area contributed by atoms with Gasteiger partial charge in [-0.05, 0) is 6.42 Å². The predicted molar refractivity (Wildman–Crippen MR) is 56.7 cm³/mol. The number of hydrogen-bond acceptors (Lipinski definition) is 3. The fourth-order valence-corrected chi connectivity index (χ4v) is 1.05. The highest BCUT2D eigenvalue weighted by Gasteiger charge is 2.18. The molecule has 16 heavy (non-hydrogen) atoms. The van der Waals surface area contributed by atoms with Gasteiger partial charge in [0.25, 0.3) is 0 Å². The number of primary amides is 1. The molecule has 0 saturated heterocycles. The Labute approximate surface area is 93.4 Å². The van der Waals surface area contributed by atoms with Gasteiger partial charge in [-0.1, -0.05) is 13.3 Å². The molecule has 0 unspecified atom stereocenters. The van der Waals surface area contributed by atoms with Crippen LogP contribution in [0.3, 0.4) is 0 Å². The van der Waals surface area contributed by atoms with E-state index in [1.54, 1.807) is 0 Å². The van der Waals surface area contributed by atoms with Gasteiger partial charge < -0.3 is 21.5 Å². The zero-order valence-corrected chi connectivity index (χ0v) is 9.16. The summed E-state index contributed by atoms with van der Waals surface area (Å²) in [6.45, 7) is 1.92. The fourth-order valence-electron chi connectivity index (χ4n) is 1.05. The summed E-state index contributed by atoms with van der Waals surface area (Å²) in [6, 6.07) is -1.51. The van der Waals surface area contributed by atoms with Crippen LogP contribution in [0.25, 0.3) is 0 Å². The molecular formula is C9H17N3O4. The van der Waals surface area contributed by atoms with Crippen LogP contribution < -0.4 is 16.4 Å².